The third-order valence-electron chi connectivity index (χ3n) is 1.22. The molecule has 0 heterocycles. The summed E-state index contributed by atoms with van der Waals surface area (Å²) in [7, 11) is 0. The van der Waals surface area contributed by atoms with Crippen molar-refractivity contribution in [1.29, 1.82) is 0 Å². The summed E-state index contributed by atoms with van der Waals surface area (Å²) in [4.78, 5) is 21.4. The number of Topliss-reactive ketones (excluding diaryl/α,β-unsaturated/α-hetero) is 2. The van der Waals surface area contributed by atoms with E-state index in [2.05, 4.69) is 0 Å². The molecule has 0 atom stereocenters. The average Bonchev–Trinajstić information content (AvgIpc) is 1.98. The van der Waals surface area contributed by atoms with Gasteiger partial charge in [0.15, 0.2) is 5.78 Å². The molecule has 0 bridgehead atoms. The molecule has 2 nitrogen and oxygen atoms in total. The van der Waals surface area contributed by atoms with E-state index < -0.39 is 11.6 Å². The first-order chi connectivity index (χ1) is 5.09. The number of rotatable bonds is 3. The summed E-state index contributed by atoms with van der Waals surface area (Å²) < 4.78 is 0. The van der Waals surface area contributed by atoms with Gasteiger partial charge in [-0.15, -0.1) is 0 Å². The van der Waals surface area contributed by atoms with E-state index in [1.807, 2.05) is 6.92 Å². The minimum absolute atomic E-state index is 0.414. The van der Waals surface area contributed by atoms with Crippen LogP contribution < -0.4 is 0 Å². The molecule has 0 saturated heterocycles. The Morgan fingerprint density at radius 1 is 1.18 bits per heavy atom. The Morgan fingerprint density at radius 2 is 1.73 bits per heavy atom. The van der Waals surface area contributed by atoms with Crippen LogP contribution in [0.15, 0.2) is 23.8 Å². The van der Waals surface area contributed by atoms with Gasteiger partial charge in [0.25, 0.3) is 0 Å². The van der Waals surface area contributed by atoms with Crippen molar-refractivity contribution in [3.05, 3.63) is 23.8 Å². The van der Waals surface area contributed by atoms with Crippen LogP contribution in [-0.4, -0.2) is 11.6 Å². The predicted molar refractivity (Wildman–Crippen MR) is 44.3 cm³/mol. The molecular formula is C9H12O2. The van der Waals surface area contributed by atoms with Crippen molar-refractivity contribution in [1.82, 2.24) is 0 Å². The van der Waals surface area contributed by atoms with Crippen LogP contribution in [0, 0.1) is 0 Å². The van der Waals surface area contributed by atoms with Gasteiger partial charge in [0.2, 0.25) is 5.78 Å². The summed E-state index contributed by atoms with van der Waals surface area (Å²) in [6, 6.07) is 0. The van der Waals surface area contributed by atoms with Crippen molar-refractivity contribution in [2.45, 2.75) is 20.8 Å². The van der Waals surface area contributed by atoms with Crippen LogP contribution in [-0.2, 0) is 9.59 Å². The molecule has 0 aromatic heterocycles. The fraction of sp³-hybridized carbons (Fsp3) is 0.333. The van der Waals surface area contributed by atoms with Gasteiger partial charge in [-0.3, -0.25) is 9.59 Å². The van der Waals surface area contributed by atoms with E-state index in [9.17, 15) is 9.59 Å². The van der Waals surface area contributed by atoms with Crippen LogP contribution in [0.3, 0.4) is 0 Å². The molecule has 0 aliphatic carbocycles. The zero-order chi connectivity index (χ0) is 8.85. The lowest BCUT2D eigenvalue weighted by atomic mass is 10.1. The van der Waals surface area contributed by atoms with Gasteiger partial charge in [-0.1, -0.05) is 18.2 Å². The molecule has 0 unspecified atom stereocenters. The Labute approximate surface area is 66.6 Å². The summed E-state index contributed by atoms with van der Waals surface area (Å²) in [6.45, 7) is 4.75. The van der Waals surface area contributed by atoms with E-state index in [4.69, 9.17) is 0 Å². The van der Waals surface area contributed by atoms with Gasteiger partial charge in [0, 0.05) is 12.5 Å². The first kappa shape index (κ1) is 9.82. The van der Waals surface area contributed by atoms with E-state index in [0.717, 1.165) is 0 Å². The Morgan fingerprint density at radius 3 is 2.09 bits per heavy atom. The normalized spacial score (nSPS) is 12.1. The first-order valence-corrected chi connectivity index (χ1v) is 3.44. The number of carbonyl (C=O) groups excluding carboxylic acids is 2. The number of hydrogen-bond acceptors (Lipinski definition) is 2. The topological polar surface area (TPSA) is 34.1 Å². The van der Waals surface area contributed by atoms with Gasteiger partial charge in [-0.05, 0) is 13.8 Å². The minimum Gasteiger partial charge on any atom is -0.291 e. The van der Waals surface area contributed by atoms with E-state index >= 15 is 0 Å². The van der Waals surface area contributed by atoms with Crippen molar-refractivity contribution in [2.75, 3.05) is 0 Å². The highest BCUT2D eigenvalue weighted by Crippen LogP contribution is 1.95. The molecule has 0 aliphatic heterocycles. The Hall–Kier alpha value is -1.18. The third-order valence-corrected chi connectivity index (χ3v) is 1.22. The summed E-state index contributed by atoms with van der Waals surface area (Å²) in [5.41, 5.74) is 0.482. The molecule has 0 aliphatic rings. The molecule has 0 spiro atoms. The quantitative estimate of drug-likeness (QED) is 0.350. The van der Waals surface area contributed by atoms with Crippen LogP contribution in [0.1, 0.15) is 20.8 Å². The average molecular weight is 152 g/mol. The first-order valence-electron chi connectivity index (χ1n) is 3.44. The molecule has 0 amide bonds. The second-order valence-corrected chi connectivity index (χ2v) is 2.26. The van der Waals surface area contributed by atoms with Gasteiger partial charge in [0.05, 0.1) is 0 Å². The van der Waals surface area contributed by atoms with Crippen molar-refractivity contribution in [3.8, 4) is 0 Å². The second kappa shape index (κ2) is 4.61. The van der Waals surface area contributed by atoms with Gasteiger partial charge in [0.1, 0.15) is 0 Å². The van der Waals surface area contributed by atoms with Crippen LogP contribution in [0.25, 0.3) is 0 Å². The maximum Gasteiger partial charge on any atom is 0.223 e. The second-order valence-electron chi connectivity index (χ2n) is 2.26. The van der Waals surface area contributed by atoms with Gasteiger partial charge >= 0.3 is 0 Å². The molecule has 0 N–H and O–H groups in total. The van der Waals surface area contributed by atoms with E-state index in [1.54, 1.807) is 25.2 Å². The lowest BCUT2D eigenvalue weighted by Crippen LogP contribution is -2.09. The largest absolute Gasteiger partial charge is 0.291 e. The Kier molecular flexibility index (Phi) is 4.11. The molecular weight excluding hydrogens is 140 g/mol. The molecule has 0 saturated carbocycles. The predicted octanol–water partition coefficient (Wildman–Crippen LogP) is 1.67. The van der Waals surface area contributed by atoms with Crippen LogP contribution in [0.5, 0.6) is 0 Å². The summed E-state index contributed by atoms with van der Waals surface area (Å²) in [5.74, 6) is -0.827. The van der Waals surface area contributed by atoms with Crippen LogP contribution in [0.2, 0.25) is 0 Å². The fourth-order valence-electron chi connectivity index (χ4n) is 0.594. The fourth-order valence-corrected chi connectivity index (χ4v) is 0.594. The molecule has 0 rings (SSSR count). The molecule has 0 radical (unpaired) electrons. The lowest BCUT2D eigenvalue weighted by Gasteiger charge is -1.91. The summed E-state index contributed by atoms with van der Waals surface area (Å²) in [5, 5.41) is 0. The molecule has 0 fully saturated rings. The molecule has 0 aromatic carbocycles. The number of carbonyl (C=O) groups is 2. The van der Waals surface area contributed by atoms with E-state index in [0.29, 0.717) is 5.57 Å². The minimum atomic E-state index is -0.414. The monoisotopic (exact) mass is 152 g/mol. The van der Waals surface area contributed by atoms with Crippen molar-refractivity contribution >= 4 is 11.6 Å². The Bertz CT molecular complexity index is 222. The standard InChI is InChI=1S/C9H12O2/c1-4-5-6-7(2)9(11)8(3)10/h4-6H,1-3H3/b5-4-,7-6+. The molecule has 11 heavy (non-hydrogen) atoms. The van der Waals surface area contributed by atoms with Crippen molar-refractivity contribution < 1.29 is 9.59 Å². The Balaban J connectivity index is 4.36. The van der Waals surface area contributed by atoms with Crippen molar-refractivity contribution in [3.63, 3.8) is 0 Å². The zero-order valence-electron chi connectivity index (χ0n) is 7.05. The maximum absolute atomic E-state index is 10.9. The van der Waals surface area contributed by atoms with Crippen LogP contribution >= 0.6 is 0 Å². The highest BCUT2D eigenvalue weighted by atomic mass is 16.2. The third kappa shape index (κ3) is 3.50. The van der Waals surface area contributed by atoms with Gasteiger partial charge < -0.3 is 0 Å². The number of ketones is 2. The molecule has 2 heteroatoms. The molecule has 0 aromatic rings. The number of allylic oxidation sites excluding steroid dienone is 4. The lowest BCUT2D eigenvalue weighted by molar-refractivity contribution is -0.133. The maximum atomic E-state index is 10.9. The van der Waals surface area contributed by atoms with Gasteiger partial charge in [-0.25, -0.2) is 0 Å². The van der Waals surface area contributed by atoms with Crippen molar-refractivity contribution in [2.24, 2.45) is 0 Å². The highest BCUT2D eigenvalue weighted by molar-refractivity contribution is 6.42. The van der Waals surface area contributed by atoms with E-state index in [-0.39, 0.29) is 0 Å². The number of hydrogen-bond donors (Lipinski definition) is 0. The highest BCUT2D eigenvalue weighted by Gasteiger charge is 2.07. The summed E-state index contributed by atoms with van der Waals surface area (Å²) in [6.07, 6.45) is 5.16. The zero-order valence-corrected chi connectivity index (χ0v) is 7.05. The summed E-state index contributed by atoms with van der Waals surface area (Å²) >= 11 is 0. The van der Waals surface area contributed by atoms with E-state index in [1.165, 1.54) is 6.92 Å². The van der Waals surface area contributed by atoms with Crippen LogP contribution in [0.4, 0.5) is 0 Å². The van der Waals surface area contributed by atoms with Gasteiger partial charge in [-0.2, -0.15) is 0 Å². The SMILES string of the molecule is C/C=C\C=C(/C)C(=O)C(C)=O. The smallest absolute Gasteiger partial charge is 0.223 e. The molecule has 60 valence electrons.